The number of hydrogen-bond donors (Lipinski definition) is 2. The van der Waals surface area contributed by atoms with Gasteiger partial charge in [-0.2, -0.15) is 0 Å². The summed E-state index contributed by atoms with van der Waals surface area (Å²) >= 11 is 0. The zero-order valence-electron chi connectivity index (χ0n) is 5.87. The highest BCUT2D eigenvalue weighted by atomic mass is 32.2. The molecule has 5 heteroatoms. The number of carbonyl (C=O) groups is 1. The van der Waals surface area contributed by atoms with Gasteiger partial charge in [-0.25, -0.2) is 0 Å². The molecule has 4 nitrogen and oxygen atoms in total. The van der Waals surface area contributed by atoms with Crippen LogP contribution in [-0.2, 0) is 15.6 Å². The van der Waals surface area contributed by atoms with Crippen LogP contribution >= 0.6 is 0 Å². The molecule has 0 rings (SSSR count). The maximum Gasteiger partial charge on any atom is 0.234 e. The monoisotopic (exact) mass is 164 g/mol. The van der Waals surface area contributed by atoms with Gasteiger partial charge in [0.1, 0.15) is 0 Å². The van der Waals surface area contributed by atoms with Crippen LogP contribution in [0.4, 0.5) is 0 Å². The summed E-state index contributed by atoms with van der Waals surface area (Å²) in [5.74, 6) is -0.102. The van der Waals surface area contributed by atoms with Gasteiger partial charge in [0.05, 0.1) is 6.04 Å². The number of rotatable bonds is 4. The van der Waals surface area contributed by atoms with Crippen molar-refractivity contribution in [2.45, 2.75) is 12.5 Å². The predicted octanol–water partition coefficient (Wildman–Crippen LogP) is -1.43. The van der Waals surface area contributed by atoms with Crippen molar-refractivity contribution < 1.29 is 9.00 Å². The highest BCUT2D eigenvalue weighted by molar-refractivity contribution is 7.84. The lowest BCUT2D eigenvalue weighted by Crippen LogP contribution is -2.37. The molecule has 0 fully saturated rings. The van der Waals surface area contributed by atoms with Crippen LogP contribution in [0.3, 0.4) is 0 Å². The molecule has 60 valence electrons. The van der Waals surface area contributed by atoms with Crippen molar-refractivity contribution in [2.75, 3.05) is 12.0 Å². The van der Waals surface area contributed by atoms with E-state index in [2.05, 4.69) is 0 Å². The number of hydrogen-bond acceptors (Lipinski definition) is 3. The number of primary amides is 1. The van der Waals surface area contributed by atoms with Gasteiger partial charge in [0.25, 0.3) is 0 Å². The number of amides is 1. The highest BCUT2D eigenvalue weighted by Gasteiger charge is 2.08. The zero-order chi connectivity index (χ0) is 8.15. The van der Waals surface area contributed by atoms with E-state index in [0.717, 1.165) is 0 Å². The molecule has 0 aliphatic rings. The van der Waals surface area contributed by atoms with Crippen LogP contribution in [0.2, 0.25) is 0 Å². The SMILES string of the molecule is CS(=O)CC[C@@H](N)C(N)=O. The molecule has 0 aliphatic heterocycles. The Morgan fingerprint density at radius 3 is 2.50 bits per heavy atom. The van der Waals surface area contributed by atoms with Crippen LogP contribution in [-0.4, -0.2) is 28.2 Å². The van der Waals surface area contributed by atoms with Crippen LogP contribution in [0.5, 0.6) is 0 Å². The molecule has 0 aromatic heterocycles. The molecule has 0 radical (unpaired) electrons. The van der Waals surface area contributed by atoms with Gasteiger partial charge in [-0.1, -0.05) is 0 Å². The summed E-state index contributed by atoms with van der Waals surface area (Å²) in [5, 5.41) is 0. The fourth-order valence-electron chi connectivity index (χ4n) is 0.435. The Kier molecular flexibility index (Phi) is 4.22. The van der Waals surface area contributed by atoms with Crippen molar-refractivity contribution in [2.24, 2.45) is 11.5 Å². The molecule has 10 heavy (non-hydrogen) atoms. The first-order chi connectivity index (χ1) is 4.54. The molecule has 4 N–H and O–H groups in total. The Balaban J connectivity index is 3.49. The average Bonchev–Trinajstić information content (AvgIpc) is 1.82. The summed E-state index contributed by atoms with van der Waals surface area (Å²) in [4.78, 5) is 10.3. The first-order valence-corrected chi connectivity index (χ1v) is 4.61. The van der Waals surface area contributed by atoms with E-state index in [1.54, 1.807) is 6.26 Å². The van der Waals surface area contributed by atoms with Crippen LogP contribution in [0.25, 0.3) is 0 Å². The van der Waals surface area contributed by atoms with Crippen molar-refractivity contribution in [3.05, 3.63) is 0 Å². The van der Waals surface area contributed by atoms with E-state index in [1.165, 1.54) is 0 Å². The van der Waals surface area contributed by atoms with Gasteiger partial charge >= 0.3 is 0 Å². The molecule has 1 unspecified atom stereocenters. The van der Waals surface area contributed by atoms with Crippen molar-refractivity contribution in [1.29, 1.82) is 0 Å². The largest absolute Gasteiger partial charge is 0.368 e. The van der Waals surface area contributed by atoms with Gasteiger partial charge in [-0.3, -0.25) is 9.00 Å². The van der Waals surface area contributed by atoms with Gasteiger partial charge < -0.3 is 11.5 Å². The van der Waals surface area contributed by atoms with E-state index in [4.69, 9.17) is 11.5 Å². The lowest BCUT2D eigenvalue weighted by molar-refractivity contribution is -0.119. The maximum absolute atomic E-state index is 10.5. The van der Waals surface area contributed by atoms with Crippen LogP contribution < -0.4 is 11.5 Å². The molecule has 2 atom stereocenters. The first kappa shape index (κ1) is 9.58. The van der Waals surface area contributed by atoms with Gasteiger partial charge in [-0.15, -0.1) is 0 Å². The second kappa shape index (κ2) is 4.40. The number of nitrogens with two attached hydrogens (primary N) is 2. The molecule has 0 aromatic carbocycles. The lowest BCUT2D eigenvalue weighted by Gasteiger charge is -2.03. The standard InChI is InChI=1S/C5H12N2O2S/c1-10(9)3-2-4(6)5(7)8/h4H,2-3,6H2,1H3,(H2,7,8)/t4-,10?/m1/s1. The summed E-state index contributed by atoms with van der Waals surface area (Å²) in [6, 6.07) is -0.649. The smallest absolute Gasteiger partial charge is 0.234 e. The minimum absolute atomic E-state index is 0.401. The van der Waals surface area contributed by atoms with Gasteiger partial charge in [0.15, 0.2) is 0 Å². The van der Waals surface area contributed by atoms with Crippen molar-refractivity contribution in [3.63, 3.8) is 0 Å². The fraction of sp³-hybridized carbons (Fsp3) is 0.800. The zero-order valence-corrected chi connectivity index (χ0v) is 6.69. The minimum atomic E-state index is -0.890. The van der Waals surface area contributed by atoms with Crippen LogP contribution in [0, 0.1) is 0 Å². The quantitative estimate of drug-likeness (QED) is 0.534. The molecular weight excluding hydrogens is 152 g/mol. The third kappa shape index (κ3) is 4.46. The molecule has 0 saturated heterocycles. The predicted molar refractivity (Wildman–Crippen MR) is 40.7 cm³/mol. The maximum atomic E-state index is 10.5. The van der Waals surface area contributed by atoms with Gasteiger partial charge in [0, 0.05) is 22.8 Å². The molecule has 0 heterocycles. The Bertz CT molecular complexity index is 149. The van der Waals surface area contributed by atoms with Gasteiger partial charge in [0.2, 0.25) is 5.91 Å². The van der Waals surface area contributed by atoms with E-state index in [0.29, 0.717) is 12.2 Å². The Morgan fingerprint density at radius 2 is 2.20 bits per heavy atom. The van der Waals surface area contributed by atoms with E-state index in [1.807, 2.05) is 0 Å². The molecule has 0 aliphatic carbocycles. The Morgan fingerprint density at radius 1 is 1.70 bits per heavy atom. The average molecular weight is 164 g/mol. The molecule has 0 spiro atoms. The van der Waals surface area contributed by atoms with E-state index in [-0.39, 0.29) is 0 Å². The summed E-state index contributed by atoms with van der Waals surface area (Å²) in [6.07, 6.45) is 1.96. The van der Waals surface area contributed by atoms with Crippen molar-refractivity contribution >= 4 is 16.7 Å². The molecular formula is C5H12N2O2S. The third-order valence-corrected chi connectivity index (χ3v) is 1.89. The second-order valence-electron chi connectivity index (χ2n) is 2.07. The second-order valence-corrected chi connectivity index (χ2v) is 3.63. The Hall–Kier alpha value is -0.420. The van der Waals surface area contributed by atoms with Crippen LogP contribution in [0.1, 0.15) is 6.42 Å². The summed E-state index contributed by atoms with van der Waals surface area (Å²) < 4.78 is 10.5. The van der Waals surface area contributed by atoms with Gasteiger partial charge in [-0.05, 0) is 6.42 Å². The highest BCUT2D eigenvalue weighted by Crippen LogP contribution is 1.88. The molecule has 0 saturated carbocycles. The molecule has 0 bridgehead atoms. The van der Waals surface area contributed by atoms with E-state index < -0.39 is 22.7 Å². The molecule has 0 aromatic rings. The summed E-state index contributed by atoms with van der Waals surface area (Å²) in [6.45, 7) is 0. The lowest BCUT2D eigenvalue weighted by atomic mass is 10.2. The van der Waals surface area contributed by atoms with Crippen molar-refractivity contribution in [3.8, 4) is 0 Å². The van der Waals surface area contributed by atoms with Crippen molar-refractivity contribution in [1.82, 2.24) is 0 Å². The van der Waals surface area contributed by atoms with E-state index >= 15 is 0 Å². The Labute approximate surface area is 62.4 Å². The first-order valence-electron chi connectivity index (χ1n) is 2.89. The summed E-state index contributed by atoms with van der Waals surface area (Å²) in [5.41, 5.74) is 10.1. The summed E-state index contributed by atoms with van der Waals surface area (Å²) in [7, 11) is -0.890. The third-order valence-electron chi connectivity index (χ3n) is 1.08. The minimum Gasteiger partial charge on any atom is -0.368 e. The van der Waals surface area contributed by atoms with Crippen LogP contribution in [0.15, 0.2) is 0 Å². The molecule has 1 amide bonds. The number of carbonyl (C=O) groups excluding carboxylic acids is 1. The topological polar surface area (TPSA) is 86.2 Å². The fourth-order valence-corrected chi connectivity index (χ4v) is 1.02. The van der Waals surface area contributed by atoms with E-state index in [9.17, 15) is 9.00 Å². The normalized spacial score (nSPS) is 16.2.